The van der Waals surface area contributed by atoms with Gasteiger partial charge in [-0.2, -0.15) is 0 Å². The molecule has 2 atom stereocenters. The van der Waals surface area contributed by atoms with Gasteiger partial charge in [0.2, 0.25) is 5.91 Å². The molecule has 1 N–H and O–H groups in total. The SMILES string of the molecule is C[C@H](NC(=O)[C@@H]1CCCN1C(=O)OC(C)(C)C)c1cccc2ccccc12. The Hall–Kier alpha value is -2.56. The fraction of sp³-hybridized carbons (Fsp3) is 0.455. The van der Waals surface area contributed by atoms with Gasteiger partial charge in [-0.3, -0.25) is 9.69 Å². The van der Waals surface area contributed by atoms with Crippen LogP contribution in [0.25, 0.3) is 10.8 Å². The molecule has 1 heterocycles. The van der Waals surface area contributed by atoms with Gasteiger partial charge in [0.25, 0.3) is 0 Å². The predicted octanol–water partition coefficient (Wildman–Crippen LogP) is 4.42. The Morgan fingerprint density at radius 2 is 1.85 bits per heavy atom. The molecular formula is C22H28N2O3. The van der Waals surface area contributed by atoms with Crippen LogP contribution >= 0.6 is 0 Å². The maximum absolute atomic E-state index is 12.9. The number of nitrogens with zero attached hydrogens (tertiary/aromatic N) is 1. The van der Waals surface area contributed by atoms with E-state index in [1.807, 2.05) is 52.0 Å². The van der Waals surface area contributed by atoms with Gasteiger partial charge in [-0.15, -0.1) is 0 Å². The van der Waals surface area contributed by atoms with Crippen molar-refractivity contribution in [1.82, 2.24) is 10.2 Å². The zero-order chi connectivity index (χ0) is 19.6. The summed E-state index contributed by atoms with van der Waals surface area (Å²) >= 11 is 0. The number of fused-ring (bicyclic) bond motifs is 1. The maximum atomic E-state index is 12.9. The first-order chi connectivity index (χ1) is 12.8. The average Bonchev–Trinajstić information content (AvgIpc) is 3.10. The van der Waals surface area contributed by atoms with Crippen molar-refractivity contribution in [3.63, 3.8) is 0 Å². The third-order valence-corrected chi connectivity index (χ3v) is 4.83. The number of amides is 2. The molecule has 0 radical (unpaired) electrons. The Balaban J connectivity index is 1.73. The first-order valence-electron chi connectivity index (χ1n) is 9.54. The number of hydrogen-bond donors (Lipinski definition) is 1. The standard InChI is InChI=1S/C22H28N2O3/c1-15(17-12-7-10-16-9-5-6-11-18(16)17)23-20(25)19-13-8-14-24(19)21(26)27-22(2,3)4/h5-7,9-12,15,19H,8,13-14H2,1-4H3,(H,23,25)/t15-,19-/m0/s1. The lowest BCUT2D eigenvalue weighted by Gasteiger charge is -2.29. The third kappa shape index (κ3) is 4.41. The number of rotatable bonds is 3. The number of nitrogens with one attached hydrogen (secondary N) is 1. The molecule has 0 spiro atoms. The molecule has 1 fully saturated rings. The first-order valence-corrected chi connectivity index (χ1v) is 9.54. The molecule has 0 saturated carbocycles. The van der Waals surface area contributed by atoms with Crippen LogP contribution in [-0.2, 0) is 9.53 Å². The Bertz CT molecular complexity index is 836. The summed E-state index contributed by atoms with van der Waals surface area (Å²) in [6, 6.07) is 13.6. The second-order valence-electron chi connectivity index (χ2n) is 8.13. The number of likely N-dealkylation sites (tertiary alicyclic amines) is 1. The lowest BCUT2D eigenvalue weighted by molar-refractivity contribution is -0.126. The minimum absolute atomic E-state index is 0.126. The summed E-state index contributed by atoms with van der Waals surface area (Å²) in [5.41, 5.74) is 0.500. The minimum Gasteiger partial charge on any atom is -0.444 e. The molecule has 27 heavy (non-hydrogen) atoms. The van der Waals surface area contributed by atoms with E-state index in [2.05, 4.69) is 23.5 Å². The summed E-state index contributed by atoms with van der Waals surface area (Å²) in [6.07, 6.45) is 1.05. The van der Waals surface area contributed by atoms with Crippen LogP contribution in [0.5, 0.6) is 0 Å². The van der Waals surface area contributed by atoms with Gasteiger partial charge in [-0.1, -0.05) is 42.5 Å². The minimum atomic E-state index is -0.572. The van der Waals surface area contributed by atoms with E-state index in [-0.39, 0.29) is 11.9 Å². The Kier molecular flexibility index (Phi) is 5.40. The van der Waals surface area contributed by atoms with Crippen molar-refractivity contribution in [3.05, 3.63) is 48.0 Å². The van der Waals surface area contributed by atoms with E-state index in [4.69, 9.17) is 4.74 Å². The first kappa shape index (κ1) is 19.2. The molecule has 1 aliphatic rings. The second-order valence-corrected chi connectivity index (χ2v) is 8.13. The van der Waals surface area contributed by atoms with Crippen molar-refractivity contribution in [1.29, 1.82) is 0 Å². The van der Waals surface area contributed by atoms with Crippen molar-refractivity contribution < 1.29 is 14.3 Å². The van der Waals surface area contributed by atoms with Crippen LogP contribution in [0.2, 0.25) is 0 Å². The summed E-state index contributed by atoms with van der Waals surface area (Å²) in [6.45, 7) is 8.03. The summed E-state index contributed by atoms with van der Waals surface area (Å²) in [5, 5.41) is 5.36. The molecular weight excluding hydrogens is 340 g/mol. The van der Waals surface area contributed by atoms with Gasteiger partial charge in [0.1, 0.15) is 11.6 Å². The smallest absolute Gasteiger partial charge is 0.410 e. The lowest BCUT2D eigenvalue weighted by atomic mass is 9.99. The Morgan fingerprint density at radius 1 is 1.15 bits per heavy atom. The highest BCUT2D eigenvalue weighted by Gasteiger charge is 2.37. The van der Waals surface area contributed by atoms with Gasteiger partial charge in [0.05, 0.1) is 6.04 Å². The number of carbonyl (C=O) groups is 2. The number of ether oxygens (including phenoxy) is 1. The van der Waals surface area contributed by atoms with Gasteiger partial charge in [-0.25, -0.2) is 4.79 Å². The van der Waals surface area contributed by atoms with Crippen molar-refractivity contribution in [2.45, 2.75) is 58.2 Å². The highest BCUT2D eigenvalue weighted by atomic mass is 16.6. The molecule has 2 aromatic carbocycles. The van der Waals surface area contributed by atoms with E-state index < -0.39 is 17.7 Å². The van der Waals surface area contributed by atoms with E-state index in [0.717, 1.165) is 22.8 Å². The molecule has 3 rings (SSSR count). The number of hydrogen-bond acceptors (Lipinski definition) is 3. The molecule has 0 unspecified atom stereocenters. The van der Waals surface area contributed by atoms with Crippen molar-refractivity contribution in [2.75, 3.05) is 6.54 Å². The normalized spacial score (nSPS) is 18.4. The van der Waals surface area contributed by atoms with Crippen molar-refractivity contribution >= 4 is 22.8 Å². The predicted molar refractivity (Wildman–Crippen MR) is 106 cm³/mol. The van der Waals surface area contributed by atoms with Crippen molar-refractivity contribution in [3.8, 4) is 0 Å². The Labute approximate surface area is 160 Å². The van der Waals surface area contributed by atoms with E-state index in [9.17, 15) is 9.59 Å². The zero-order valence-electron chi connectivity index (χ0n) is 16.5. The largest absolute Gasteiger partial charge is 0.444 e. The fourth-order valence-corrected chi connectivity index (χ4v) is 3.59. The molecule has 144 valence electrons. The molecule has 5 heteroatoms. The molecule has 0 aromatic heterocycles. The average molecular weight is 368 g/mol. The molecule has 1 aliphatic heterocycles. The highest BCUT2D eigenvalue weighted by Crippen LogP contribution is 2.26. The number of carbonyl (C=O) groups excluding carboxylic acids is 2. The monoisotopic (exact) mass is 368 g/mol. The van der Waals surface area contributed by atoms with Crippen LogP contribution in [-0.4, -0.2) is 35.1 Å². The van der Waals surface area contributed by atoms with Gasteiger partial charge in [0.15, 0.2) is 0 Å². The molecule has 0 aliphatic carbocycles. The molecule has 5 nitrogen and oxygen atoms in total. The molecule has 2 amide bonds. The van der Waals surface area contributed by atoms with Crippen LogP contribution in [0, 0.1) is 0 Å². The van der Waals surface area contributed by atoms with Crippen LogP contribution in [0.1, 0.15) is 52.1 Å². The van der Waals surface area contributed by atoms with E-state index in [1.54, 1.807) is 4.90 Å². The van der Waals surface area contributed by atoms with Crippen molar-refractivity contribution in [2.24, 2.45) is 0 Å². The Morgan fingerprint density at radius 3 is 2.59 bits per heavy atom. The van der Waals surface area contributed by atoms with E-state index >= 15 is 0 Å². The summed E-state index contributed by atoms with van der Waals surface area (Å²) in [4.78, 5) is 26.9. The molecule has 2 aromatic rings. The van der Waals surface area contributed by atoms with E-state index in [0.29, 0.717) is 13.0 Å². The van der Waals surface area contributed by atoms with Crippen LogP contribution in [0.15, 0.2) is 42.5 Å². The topological polar surface area (TPSA) is 58.6 Å². The van der Waals surface area contributed by atoms with Gasteiger partial charge in [-0.05, 0) is 56.9 Å². The molecule has 1 saturated heterocycles. The van der Waals surface area contributed by atoms with Crippen LogP contribution < -0.4 is 5.32 Å². The van der Waals surface area contributed by atoms with Gasteiger partial charge >= 0.3 is 6.09 Å². The van der Waals surface area contributed by atoms with Gasteiger partial charge in [0, 0.05) is 6.54 Å². The zero-order valence-corrected chi connectivity index (χ0v) is 16.5. The fourth-order valence-electron chi connectivity index (χ4n) is 3.59. The van der Waals surface area contributed by atoms with Crippen LogP contribution in [0.4, 0.5) is 4.79 Å². The van der Waals surface area contributed by atoms with Gasteiger partial charge < -0.3 is 10.1 Å². The lowest BCUT2D eigenvalue weighted by Crippen LogP contribution is -2.48. The quantitative estimate of drug-likeness (QED) is 0.873. The summed E-state index contributed by atoms with van der Waals surface area (Å²) in [5.74, 6) is -0.126. The highest BCUT2D eigenvalue weighted by molar-refractivity contribution is 5.89. The second kappa shape index (κ2) is 7.59. The van der Waals surface area contributed by atoms with E-state index in [1.165, 1.54) is 0 Å². The summed E-state index contributed by atoms with van der Waals surface area (Å²) in [7, 11) is 0. The van der Waals surface area contributed by atoms with Crippen LogP contribution in [0.3, 0.4) is 0 Å². The summed E-state index contributed by atoms with van der Waals surface area (Å²) < 4.78 is 5.46. The molecule has 0 bridgehead atoms. The third-order valence-electron chi connectivity index (χ3n) is 4.83. The number of benzene rings is 2. The maximum Gasteiger partial charge on any atom is 0.410 e.